The lowest BCUT2D eigenvalue weighted by Crippen LogP contribution is -2.30. The summed E-state index contributed by atoms with van der Waals surface area (Å²) in [7, 11) is -3.67. The molecule has 0 unspecified atom stereocenters. The zero-order valence-electron chi connectivity index (χ0n) is 17.8. The van der Waals surface area contributed by atoms with Gasteiger partial charge in [0, 0.05) is 6.54 Å². The van der Waals surface area contributed by atoms with Crippen molar-refractivity contribution in [2.45, 2.75) is 45.6 Å². The molecule has 1 aliphatic rings. The van der Waals surface area contributed by atoms with Gasteiger partial charge in [0.1, 0.15) is 17.3 Å². The zero-order chi connectivity index (χ0) is 21.5. The highest BCUT2D eigenvalue weighted by Crippen LogP contribution is 2.34. The first-order valence-corrected chi connectivity index (χ1v) is 11.6. The van der Waals surface area contributed by atoms with Crippen molar-refractivity contribution in [1.82, 2.24) is 9.78 Å². The molecular weight excluding hydrogens is 398 g/mol. The smallest absolute Gasteiger partial charge is 0.268 e. The Morgan fingerprint density at radius 2 is 1.70 bits per heavy atom. The first-order valence-electron chi connectivity index (χ1n) is 10.1. The fourth-order valence-corrected chi connectivity index (χ4v) is 6.08. The molecular formula is C23H27N3O3S. The molecule has 3 aromatic rings. The number of hydrogen-bond donors (Lipinski definition) is 0. The van der Waals surface area contributed by atoms with E-state index >= 15 is 0 Å². The van der Waals surface area contributed by atoms with Gasteiger partial charge in [-0.25, -0.2) is 8.42 Å². The number of benzene rings is 2. The molecule has 0 radical (unpaired) electrons. The number of hydrogen-bond acceptors (Lipinski definition) is 4. The van der Waals surface area contributed by atoms with Gasteiger partial charge in [-0.3, -0.25) is 8.99 Å². The minimum Gasteiger partial charge on any atom is -0.491 e. The predicted octanol–water partition coefficient (Wildman–Crippen LogP) is 3.95. The summed E-state index contributed by atoms with van der Waals surface area (Å²) >= 11 is 0. The summed E-state index contributed by atoms with van der Waals surface area (Å²) in [6.45, 7) is 8.96. The third-order valence-electron chi connectivity index (χ3n) is 5.67. The monoisotopic (exact) mass is 425 g/mol. The van der Waals surface area contributed by atoms with E-state index in [1.165, 1.54) is 4.31 Å². The molecule has 1 aromatic heterocycles. The normalized spacial score (nSPS) is 13.5. The van der Waals surface area contributed by atoms with E-state index in [1.54, 1.807) is 11.6 Å². The average molecular weight is 426 g/mol. The largest absolute Gasteiger partial charge is 0.491 e. The van der Waals surface area contributed by atoms with E-state index in [0.717, 1.165) is 34.5 Å². The lowest BCUT2D eigenvalue weighted by Gasteiger charge is -2.20. The SMILES string of the molecule is Cc1cccc(C)c1OCCn1nc(C)c(S(=O)(=O)N2CCc3ccccc32)c1C. The summed E-state index contributed by atoms with van der Waals surface area (Å²) in [4.78, 5) is 0.297. The highest BCUT2D eigenvalue weighted by Gasteiger charge is 2.34. The summed E-state index contributed by atoms with van der Waals surface area (Å²) in [6, 6.07) is 13.7. The summed E-state index contributed by atoms with van der Waals surface area (Å²) in [5, 5.41) is 4.51. The van der Waals surface area contributed by atoms with Crippen LogP contribution in [0.25, 0.3) is 0 Å². The van der Waals surface area contributed by atoms with E-state index in [1.807, 2.05) is 63.2 Å². The van der Waals surface area contributed by atoms with Gasteiger partial charge in [0.25, 0.3) is 10.0 Å². The van der Waals surface area contributed by atoms with Gasteiger partial charge in [-0.05, 0) is 56.9 Å². The number of sulfonamides is 1. The van der Waals surface area contributed by atoms with Crippen molar-refractivity contribution in [2.24, 2.45) is 0 Å². The number of fused-ring (bicyclic) bond motifs is 1. The molecule has 0 aliphatic carbocycles. The Bertz CT molecular complexity index is 1180. The van der Waals surface area contributed by atoms with Crippen molar-refractivity contribution in [3.05, 3.63) is 70.5 Å². The van der Waals surface area contributed by atoms with E-state index in [9.17, 15) is 8.42 Å². The molecule has 0 fully saturated rings. The summed E-state index contributed by atoms with van der Waals surface area (Å²) < 4.78 is 36.2. The first-order chi connectivity index (χ1) is 14.3. The van der Waals surface area contributed by atoms with Crippen LogP contribution in [0.15, 0.2) is 47.4 Å². The molecule has 0 saturated heterocycles. The number of aryl methyl sites for hydroxylation is 3. The van der Waals surface area contributed by atoms with Crippen LogP contribution in [0.4, 0.5) is 5.69 Å². The van der Waals surface area contributed by atoms with E-state index < -0.39 is 10.0 Å². The predicted molar refractivity (Wildman–Crippen MR) is 118 cm³/mol. The van der Waals surface area contributed by atoms with Crippen LogP contribution in [0.1, 0.15) is 28.1 Å². The van der Waals surface area contributed by atoms with Crippen LogP contribution in [-0.4, -0.2) is 31.3 Å². The van der Waals surface area contributed by atoms with Gasteiger partial charge in [0.2, 0.25) is 0 Å². The summed E-state index contributed by atoms with van der Waals surface area (Å²) in [6.07, 6.45) is 0.727. The number of aromatic nitrogens is 2. The van der Waals surface area contributed by atoms with Gasteiger partial charge in [-0.1, -0.05) is 36.4 Å². The van der Waals surface area contributed by atoms with Crippen molar-refractivity contribution in [2.75, 3.05) is 17.5 Å². The molecule has 0 spiro atoms. The second kappa shape index (κ2) is 7.80. The third-order valence-corrected chi connectivity index (χ3v) is 7.73. The van der Waals surface area contributed by atoms with Gasteiger partial charge in [-0.15, -0.1) is 0 Å². The fourth-order valence-electron chi connectivity index (χ4n) is 4.20. The Balaban J connectivity index is 1.57. The van der Waals surface area contributed by atoms with Crippen molar-refractivity contribution < 1.29 is 13.2 Å². The Morgan fingerprint density at radius 1 is 1.00 bits per heavy atom. The lowest BCUT2D eigenvalue weighted by molar-refractivity contribution is 0.286. The minimum absolute atomic E-state index is 0.297. The van der Waals surface area contributed by atoms with Crippen LogP contribution in [0.2, 0.25) is 0 Å². The van der Waals surface area contributed by atoms with Crippen molar-refractivity contribution in [3.8, 4) is 5.75 Å². The maximum absolute atomic E-state index is 13.5. The Morgan fingerprint density at radius 3 is 2.43 bits per heavy atom. The van der Waals surface area contributed by atoms with Crippen LogP contribution in [-0.2, 0) is 23.0 Å². The molecule has 0 saturated carbocycles. The van der Waals surface area contributed by atoms with Gasteiger partial charge in [-0.2, -0.15) is 5.10 Å². The summed E-state index contributed by atoms with van der Waals surface area (Å²) in [5.74, 6) is 0.876. The number of ether oxygens (including phenoxy) is 1. The van der Waals surface area contributed by atoms with Crippen LogP contribution in [0.5, 0.6) is 5.75 Å². The number of anilines is 1. The van der Waals surface area contributed by atoms with Gasteiger partial charge < -0.3 is 4.74 Å². The Labute approximate surface area is 178 Å². The van der Waals surface area contributed by atoms with E-state index in [2.05, 4.69) is 5.10 Å². The second-order valence-corrected chi connectivity index (χ2v) is 9.55. The van der Waals surface area contributed by atoms with Gasteiger partial charge >= 0.3 is 0 Å². The molecule has 7 heteroatoms. The molecule has 0 bridgehead atoms. The molecule has 2 aromatic carbocycles. The standard InChI is InChI=1S/C23H27N3O3S/c1-16-8-7-9-17(2)22(16)29-15-14-25-19(4)23(18(3)24-25)30(27,28)26-13-12-20-10-5-6-11-21(20)26/h5-11H,12-15H2,1-4H3. The minimum atomic E-state index is -3.67. The lowest BCUT2D eigenvalue weighted by atomic mass is 10.1. The van der Waals surface area contributed by atoms with E-state index in [4.69, 9.17) is 4.74 Å². The molecule has 0 N–H and O–H groups in total. The molecule has 0 amide bonds. The first kappa shape index (κ1) is 20.5. The van der Waals surface area contributed by atoms with Crippen LogP contribution < -0.4 is 9.04 Å². The molecule has 0 atom stereocenters. The Kier molecular flexibility index (Phi) is 5.32. The third kappa shape index (κ3) is 3.47. The number of para-hydroxylation sites is 2. The van der Waals surface area contributed by atoms with Gasteiger partial charge in [0.05, 0.1) is 23.6 Å². The van der Waals surface area contributed by atoms with Crippen LogP contribution in [0.3, 0.4) is 0 Å². The highest BCUT2D eigenvalue weighted by molar-refractivity contribution is 7.93. The number of nitrogens with zero attached hydrogens (tertiary/aromatic N) is 3. The van der Waals surface area contributed by atoms with Crippen molar-refractivity contribution >= 4 is 15.7 Å². The topological polar surface area (TPSA) is 64.4 Å². The quantitative estimate of drug-likeness (QED) is 0.600. The maximum atomic E-state index is 13.5. The Hall–Kier alpha value is -2.80. The molecule has 2 heterocycles. The fraction of sp³-hybridized carbons (Fsp3) is 0.348. The number of rotatable bonds is 6. The van der Waals surface area contributed by atoms with Crippen LogP contribution >= 0.6 is 0 Å². The van der Waals surface area contributed by atoms with E-state index in [-0.39, 0.29) is 0 Å². The van der Waals surface area contributed by atoms with Gasteiger partial charge in [0.15, 0.2) is 0 Å². The molecule has 6 nitrogen and oxygen atoms in total. The molecule has 158 valence electrons. The van der Waals surface area contributed by atoms with Crippen LogP contribution in [0, 0.1) is 27.7 Å². The van der Waals surface area contributed by atoms with E-state index in [0.29, 0.717) is 36.0 Å². The van der Waals surface area contributed by atoms with Crippen molar-refractivity contribution in [1.29, 1.82) is 0 Å². The molecule has 30 heavy (non-hydrogen) atoms. The highest BCUT2D eigenvalue weighted by atomic mass is 32.2. The summed E-state index contributed by atoms with van der Waals surface area (Å²) in [5.41, 5.74) is 5.15. The second-order valence-electron chi connectivity index (χ2n) is 7.75. The molecule has 1 aliphatic heterocycles. The molecule has 4 rings (SSSR count). The zero-order valence-corrected chi connectivity index (χ0v) is 18.7. The maximum Gasteiger partial charge on any atom is 0.268 e. The average Bonchev–Trinajstić information content (AvgIpc) is 3.25. The van der Waals surface area contributed by atoms with Crippen molar-refractivity contribution in [3.63, 3.8) is 0 Å².